The van der Waals surface area contributed by atoms with Gasteiger partial charge in [0.15, 0.2) is 0 Å². The smallest absolute Gasteiger partial charge is 0.315 e. The fraction of sp³-hybridized carbons (Fsp3) is 0.556. The van der Waals surface area contributed by atoms with Crippen LogP contribution in [0.2, 0.25) is 0 Å². The van der Waals surface area contributed by atoms with Crippen molar-refractivity contribution in [2.24, 2.45) is 23.7 Å². The van der Waals surface area contributed by atoms with Crippen LogP contribution in [0.15, 0.2) is 18.2 Å². The number of hydrogen-bond donors (Lipinski definition) is 0. The van der Waals surface area contributed by atoms with Gasteiger partial charge < -0.3 is 4.31 Å². The largest absolute Gasteiger partial charge is 0.417 e. The summed E-state index contributed by atoms with van der Waals surface area (Å²) in [6.07, 6.45) is -2.59. The highest BCUT2D eigenvalue weighted by Gasteiger charge is 2.63. The van der Waals surface area contributed by atoms with Crippen molar-refractivity contribution in [1.29, 1.82) is 10.5 Å². The van der Waals surface area contributed by atoms with Crippen LogP contribution in [0.1, 0.15) is 30.9 Å². The summed E-state index contributed by atoms with van der Waals surface area (Å²) >= 11 is 1.62. The molecule has 2 saturated carbocycles. The lowest BCUT2D eigenvalue weighted by atomic mass is 9.74. The molecule has 0 amide bonds. The summed E-state index contributed by atoms with van der Waals surface area (Å²) in [6, 6.07) is 7.96. The molecule has 25 heavy (non-hydrogen) atoms. The van der Waals surface area contributed by atoms with Gasteiger partial charge in [-0.2, -0.15) is 23.7 Å². The highest BCUT2D eigenvalue weighted by molar-refractivity contribution is 8.02. The summed E-state index contributed by atoms with van der Waals surface area (Å²) in [4.78, 5) is 0. The number of nitrogens with zero attached hydrogens (tertiary/aromatic N) is 3. The molecule has 2 aliphatic carbocycles. The summed E-state index contributed by atoms with van der Waals surface area (Å²) in [5.74, 6) is 1.20. The van der Waals surface area contributed by atoms with E-state index in [1.807, 2.05) is 4.31 Å². The first-order chi connectivity index (χ1) is 11.8. The third kappa shape index (κ3) is 2.33. The normalized spacial score (nSPS) is 36.2. The van der Waals surface area contributed by atoms with E-state index in [4.69, 9.17) is 5.26 Å². The average Bonchev–Trinajstić information content (AvgIpc) is 3.21. The second-order valence-corrected chi connectivity index (χ2v) is 8.85. The number of halogens is 3. The van der Waals surface area contributed by atoms with Crippen LogP contribution in [0, 0.1) is 46.3 Å². The van der Waals surface area contributed by atoms with Crippen molar-refractivity contribution in [2.45, 2.75) is 30.7 Å². The van der Waals surface area contributed by atoms with Crippen molar-refractivity contribution in [3.8, 4) is 12.1 Å². The Morgan fingerprint density at radius 1 is 1.28 bits per heavy atom. The van der Waals surface area contributed by atoms with Crippen LogP contribution in [-0.2, 0) is 6.18 Å². The second kappa shape index (κ2) is 5.32. The van der Waals surface area contributed by atoms with E-state index in [2.05, 4.69) is 13.0 Å². The lowest BCUT2D eigenvalue weighted by Gasteiger charge is -2.35. The first-order valence-electron chi connectivity index (χ1n) is 8.25. The molecular formula is C18H16F3N3S. The van der Waals surface area contributed by atoms with Gasteiger partial charge >= 0.3 is 6.18 Å². The number of fused-ring (bicyclic) bond motifs is 5. The molecule has 0 unspecified atom stereocenters. The van der Waals surface area contributed by atoms with Crippen molar-refractivity contribution >= 4 is 17.6 Å². The molecule has 1 aliphatic heterocycles. The quantitative estimate of drug-likeness (QED) is 0.684. The fourth-order valence-electron chi connectivity index (χ4n) is 4.95. The van der Waals surface area contributed by atoms with E-state index < -0.39 is 11.7 Å². The number of hydrogen-bond acceptors (Lipinski definition) is 4. The Morgan fingerprint density at radius 3 is 2.68 bits per heavy atom. The van der Waals surface area contributed by atoms with Gasteiger partial charge in [0, 0.05) is 22.9 Å². The highest BCUT2D eigenvalue weighted by Crippen LogP contribution is 2.66. The van der Waals surface area contributed by atoms with Gasteiger partial charge in [0.2, 0.25) is 0 Å². The third-order valence-corrected chi connectivity index (χ3v) is 7.84. The predicted molar refractivity (Wildman–Crippen MR) is 88.3 cm³/mol. The molecule has 130 valence electrons. The molecule has 1 heterocycles. The molecule has 0 N–H and O–H groups in total. The van der Waals surface area contributed by atoms with Crippen LogP contribution in [0.4, 0.5) is 18.9 Å². The molecule has 7 heteroatoms. The first kappa shape index (κ1) is 16.6. The van der Waals surface area contributed by atoms with Crippen molar-refractivity contribution in [3.63, 3.8) is 0 Å². The van der Waals surface area contributed by atoms with E-state index in [0.29, 0.717) is 30.0 Å². The Balaban J connectivity index is 1.66. The second-order valence-electron chi connectivity index (χ2n) is 7.35. The van der Waals surface area contributed by atoms with Gasteiger partial charge in [-0.25, -0.2) is 0 Å². The highest BCUT2D eigenvalue weighted by atomic mass is 32.2. The van der Waals surface area contributed by atoms with Crippen molar-refractivity contribution < 1.29 is 13.2 Å². The molecule has 2 bridgehead atoms. The molecule has 1 aromatic rings. The first-order valence-corrected chi connectivity index (χ1v) is 9.03. The van der Waals surface area contributed by atoms with Gasteiger partial charge in [0.1, 0.15) is 0 Å². The molecule has 3 fully saturated rings. The maximum Gasteiger partial charge on any atom is 0.417 e. The Hall–Kier alpha value is -1.86. The lowest BCUT2D eigenvalue weighted by molar-refractivity contribution is -0.137. The Labute approximate surface area is 148 Å². The topological polar surface area (TPSA) is 50.8 Å². The maximum atomic E-state index is 13.2. The molecule has 0 aromatic heterocycles. The number of benzene rings is 1. The summed E-state index contributed by atoms with van der Waals surface area (Å²) < 4.78 is 41.6. The summed E-state index contributed by atoms with van der Waals surface area (Å²) in [5.41, 5.74) is -0.746. The average molecular weight is 363 g/mol. The standard InChI is InChI=1S/C18H16F3N3S/c1-17-12-4-11(8-23)14(5-12)16(17)9-24(25-17)13-3-2-10(7-22)15(6-13)18(19,20)21/h2-3,6,11-12,14,16H,4-5,9H2,1H3/t11-,12+,14+,16-,17+/m0/s1. The number of anilines is 1. The zero-order chi connectivity index (χ0) is 18.0. The minimum Gasteiger partial charge on any atom is -0.315 e. The number of nitriles is 2. The third-order valence-electron chi connectivity index (χ3n) is 6.23. The van der Waals surface area contributed by atoms with E-state index in [1.54, 1.807) is 24.1 Å². The number of rotatable bonds is 1. The van der Waals surface area contributed by atoms with Crippen molar-refractivity contribution in [3.05, 3.63) is 29.3 Å². The maximum absolute atomic E-state index is 13.2. The van der Waals surface area contributed by atoms with Gasteiger partial charge in [0.25, 0.3) is 0 Å². The Bertz CT molecular complexity index is 809. The molecule has 3 nitrogen and oxygen atoms in total. The molecule has 5 atom stereocenters. The van der Waals surface area contributed by atoms with E-state index >= 15 is 0 Å². The van der Waals surface area contributed by atoms with Crippen molar-refractivity contribution in [2.75, 3.05) is 10.8 Å². The van der Waals surface area contributed by atoms with E-state index in [9.17, 15) is 18.4 Å². The zero-order valence-corrected chi connectivity index (χ0v) is 14.4. The Kier molecular flexibility index (Phi) is 3.53. The van der Waals surface area contributed by atoms with Crippen LogP contribution in [-0.4, -0.2) is 11.3 Å². The van der Waals surface area contributed by atoms with Gasteiger partial charge in [-0.1, -0.05) is 0 Å². The monoisotopic (exact) mass is 363 g/mol. The molecular weight excluding hydrogens is 347 g/mol. The van der Waals surface area contributed by atoms with Crippen LogP contribution in [0.3, 0.4) is 0 Å². The van der Waals surface area contributed by atoms with Gasteiger partial charge in [-0.05, 0) is 67.7 Å². The van der Waals surface area contributed by atoms with Gasteiger partial charge in [-0.15, -0.1) is 0 Å². The van der Waals surface area contributed by atoms with E-state index in [-0.39, 0.29) is 16.2 Å². The minimum absolute atomic E-state index is 0.00961. The van der Waals surface area contributed by atoms with Crippen LogP contribution >= 0.6 is 11.9 Å². The van der Waals surface area contributed by atoms with Crippen molar-refractivity contribution in [1.82, 2.24) is 0 Å². The van der Waals surface area contributed by atoms with E-state index in [1.165, 1.54) is 6.07 Å². The molecule has 1 saturated heterocycles. The zero-order valence-electron chi connectivity index (χ0n) is 13.5. The minimum atomic E-state index is -4.55. The fourth-order valence-corrected chi connectivity index (χ4v) is 6.60. The molecule has 1 aromatic carbocycles. The SMILES string of the molecule is C[C@]12SN(c3ccc(C#N)c(C(F)(F)F)c3)C[C@H]1[C@@H]1C[C@H]2C[C@H]1C#N. The van der Waals surface area contributed by atoms with Crippen LogP contribution in [0.25, 0.3) is 0 Å². The van der Waals surface area contributed by atoms with Crippen LogP contribution in [0.5, 0.6) is 0 Å². The van der Waals surface area contributed by atoms with E-state index in [0.717, 1.165) is 18.9 Å². The molecule has 3 aliphatic rings. The summed E-state index contributed by atoms with van der Waals surface area (Å²) in [7, 11) is 0. The lowest BCUT2D eigenvalue weighted by Crippen LogP contribution is -2.37. The summed E-state index contributed by atoms with van der Waals surface area (Å²) in [6.45, 7) is 2.85. The molecule has 0 radical (unpaired) electrons. The molecule has 0 spiro atoms. The van der Waals surface area contributed by atoms with Gasteiger partial charge in [0.05, 0.1) is 23.3 Å². The predicted octanol–water partition coefficient (Wildman–Crippen LogP) is 4.60. The number of alkyl halides is 3. The van der Waals surface area contributed by atoms with Crippen LogP contribution < -0.4 is 4.31 Å². The molecule has 4 rings (SSSR count). The van der Waals surface area contributed by atoms with Gasteiger partial charge in [-0.3, -0.25) is 0 Å². The Morgan fingerprint density at radius 2 is 2.04 bits per heavy atom. The summed E-state index contributed by atoms with van der Waals surface area (Å²) in [5, 5.41) is 18.3.